The summed E-state index contributed by atoms with van der Waals surface area (Å²) in [5.41, 5.74) is 2.40. The molecule has 0 aliphatic heterocycles. The van der Waals surface area contributed by atoms with Crippen LogP contribution in [-0.2, 0) is 0 Å². The summed E-state index contributed by atoms with van der Waals surface area (Å²) in [5.74, 6) is 0.724. The van der Waals surface area contributed by atoms with Crippen LogP contribution >= 0.6 is 11.6 Å². The van der Waals surface area contributed by atoms with Gasteiger partial charge in [0.25, 0.3) is 0 Å². The summed E-state index contributed by atoms with van der Waals surface area (Å²) in [6.45, 7) is 7.42. The molecule has 0 heterocycles. The van der Waals surface area contributed by atoms with E-state index in [1.165, 1.54) is 5.57 Å². The van der Waals surface area contributed by atoms with Crippen molar-refractivity contribution < 1.29 is 4.74 Å². The number of methoxy groups -OCH3 is 1. The molecule has 0 spiro atoms. The van der Waals surface area contributed by atoms with E-state index in [0.29, 0.717) is 11.1 Å². The highest BCUT2D eigenvalue weighted by Crippen LogP contribution is 2.28. The molecule has 0 radical (unpaired) electrons. The van der Waals surface area contributed by atoms with E-state index in [9.17, 15) is 0 Å². The van der Waals surface area contributed by atoms with Crippen LogP contribution in [0, 0.1) is 0 Å². The smallest absolute Gasteiger partial charge is 0.138 e. The Hall–Kier alpha value is -0.990. The molecular weight excluding hydrogens is 246 g/mol. The Morgan fingerprint density at radius 1 is 1.44 bits per heavy atom. The largest absolute Gasteiger partial charge is 0.495 e. The SMILES string of the molecule is COc1cc(C(C)=CCCNC(C)C)ccc1Cl. The predicted octanol–water partition coefficient (Wildman–Crippen LogP) is 4.14. The van der Waals surface area contributed by atoms with Gasteiger partial charge in [0.1, 0.15) is 5.75 Å². The molecule has 3 heteroatoms. The Labute approximate surface area is 115 Å². The molecule has 0 saturated heterocycles. The molecule has 18 heavy (non-hydrogen) atoms. The van der Waals surface area contributed by atoms with Crippen molar-refractivity contribution in [2.45, 2.75) is 33.2 Å². The second-order valence-electron chi connectivity index (χ2n) is 4.63. The van der Waals surface area contributed by atoms with Gasteiger partial charge in [-0.1, -0.05) is 37.6 Å². The molecule has 1 N–H and O–H groups in total. The first kappa shape index (κ1) is 15.1. The second kappa shape index (κ2) is 7.45. The van der Waals surface area contributed by atoms with Gasteiger partial charge >= 0.3 is 0 Å². The summed E-state index contributed by atoms with van der Waals surface area (Å²) < 4.78 is 5.22. The minimum Gasteiger partial charge on any atom is -0.495 e. The van der Waals surface area contributed by atoms with Crippen molar-refractivity contribution in [2.75, 3.05) is 13.7 Å². The number of rotatable bonds is 6. The van der Waals surface area contributed by atoms with E-state index in [1.807, 2.05) is 18.2 Å². The fourth-order valence-corrected chi connectivity index (χ4v) is 1.88. The minimum absolute atomic E-state index is 0.536. The molecule has 0 amide bonds. The molecule has 1 aromatic rings. The van der Waals surface area contributed by atoms with Crippen molar-refractivity contribution in [3.8, 4) is 5.75 Å². The number of benzene rings is 1. The number of halogens is 1. The van der Waals surface area contributed by atoms with Crippen molar-refractivity contribution in [3.05, 3.63) is 34.9 Å². The molecule has 0 fully saturated rings. The maximum Gasteiger partial charge on any atom is 0.138 e. The van der Waals surface area contributed by atoms with Crippen molar-refractivity contribution in [2.24, 2.45) is 0 Å². The van der Waals surface area contributed by atoms with Crippen molar-refractivity contribution >= 4 is 17.2 Å². The molecule has 0 aliphatic carbocycles. The summed E-state index contributed by atoms with van der Waals surface area (Å²) in [5, 5.41) is 4.04. The van der Waals surface area contributed by atoms with Crippen molar-refractivity contribution in [1.29, 1.82) is 0 Å². The van der Waals surface area contributed by atoms with Crippen molar-refractivity contribution in [1.82, 2.24) is 5.32 Å². The molecule has 0 saturated carbocycles. The minimum atomic E-state index is 0.536. The van der Waals surface area contributed by atoms with E-state index in [4.69, 9.17) is 16.3 Å². The summed E-state index contributed by atoms with van der Waals surface area (Å²) in [7, 11) is 1.64. The molecule has 0 bridgehead atoms. The van der Waals surface area contributed by atoms with Gasteiger partial charge in [-0.05, 0) is 43.2 Å². The number of allylic oxidation sites excluding steroid dienone is 1. The average Bonchev–Trinajstić information content (AvgIpc) is 2.34. The Balaban J connectivity index is 2.65. The van der Waals surface area contributed by atoms with Crippen molar-refractivity contribution in [3.63, 3.8) is 0 Å². The lowest BCUT2D eigenvalue weighted by atomic mass is 10.1. The summed E-state index contributed by atoms with van der Waals surface area (Å²) in [6.07, 6.45) is 3.26. The lowest BCUT2D eigenvalue weighted by Gasteiger charge is -2.08. The van der Waals surface area contributed by atoms with Gasteiger partial charge in [-0.15, -0.1) is 0 Å². The third kappa shape index (κ3) is 4.71. The monoisotopic (exact) mass is 267 g/mol. The zero-order chi connectivity index (χ0) is 13.5. The van der Waals surface area contributed by atoms with Crippen LogP contribution in [0.4, 0.5) is 0 Å². The molecule has 0 atom stereocenters. The highest BCUT2D eigenvalue weighted by molar-refractivity contribution is 6.32. The molecule has 1 aromatic carbocycles. The predicted molar refractivity (Wildman–Crippen MR) is 79.4 cm³/mol. The molecule has 0 aliphatic rings. The van der Waals surface area contributed by atoms with Gasteiger partial charge in [0.2, 0.25) is 0 Å². The first-order valence-corrected chi connectivity index (χ1v) is 6.66. The summed E-state index contributed by atoms with van der Waals surface area (Å²) >= 11 is 6.01. The van der Waals surface area contributed by atoms with Crippen LogP contribution in [0.15, 0.2) is 24.3 Å². The Kier molecular flexibility index (Phi) is 6.23. The van der Waals surface area contributed by atoms with Gasteiger partial charge in [0.15, 0.2) is 0 Å². The number of ether oxygens (including phenoxy) is 1. The van der Waals surface area contributed by atoms with Crippen LogP contribution in [0.2, 0.25) is 5.02 Å². The summed E-state index contributed by atoms with van der Waals surface area (Å²) in [6, 6.07) is 6.41. The van der Waals surface area contributed by atoms with Crippen LogP contribution in [0.1, 0.15) is 32.8 Å². The topological polar surface area (TPSA) is 21.3 Å². The molecule has 2 nitrogen and oxygen atoms in total. The van der Waals surface area contributed by atoms with E-state index in [0.717, 1.165) is 24.3 Å². The lowest BCUT2D eigenvalue weighted by molar-refractivity contribution is 0.415. The van der Waals surface area contributed by atoms with Gasteiger partial charge < -0.3 is 10.1 Å². The van der Waals surface area contributed by atoms with E-state index >= 15 is 0 Å². The third-order valence-corrected chi connectivity index (χ3v) is 3.07. The molecule has 0 aromatic heterocycles. The maximum atomic E-state index is 6.01. The third-order valence-electron chi connectivity index (χ3n) is 2.75. The second-order valence-corrected chi connectivity index (χ2v) is 5.04. The Morgan fingerprint density at radius 3 is 2.78 bits per heavy atom. The Bertz CT molecular complexity index is 413. The normalized spacial score (nSPS) is 12.0. The zero-order valence-electron chi connectivity index (χ0n) is 11.6. The van der Waals surface area contributed by atoms with Crippen LogP contribution < -0.4 is 10.1 Å². The van der Waals surface area contributed by atoms with Gasteiger partial charge in [-0.2, -0.15) is 0 Å². The molecule has 1 rings (SSSR count). The van der Waals surface area contributed by atoms with Gasteiger partial charge in [0.05, 0.1) is 12.1 Å². The first-order valence-electron chi connectivity index (χ1n) is 6.28. The number of hydrogen-bond donors (Lipinski definition) is 1. The summed E-state index contributed by atoms with van der Waals surface area (Å²) in [4.78, 5) is 0. The van der Waals surface area contributed by atoms with Crippen LogP contribution in [0.5, 0.6) is 5.75 Å². The first-order chi connectivity index (χ1) is 8.54. The molecule has 100 valence electrons. The number of hydrogen-bond acceptors (Lipinski definition) is 2. The average molecular weight is 268 g/mol. The lowest BCUT2D eigenvalue weighted by Crippen LogP contribution is -2.23. The van der Waals surface area contributed by atoms with E-state index in [1.54, 1.807) is 7.11 Å². The van der Waals surface area contributed by atoms with E-state index in [-0.39, 0.29) is 0 Å². The quantitative estimate of drug-likeness (QED) is 0.782. The van der Waals surface area contributed by atoms with Gasteiger partial charge in [0, 0.05) is 6.04 Å². The van der Waals surface area contributed by atoms with E-state index < -0.39 is 0 Å². The van der Waals surface area contributed by atoms with E-state index in [2.05, 4.69) is 32.2 Å². The zero-order valence-corrected chi connectivity index (χ0v) is 12.3. The Morgan fingerprint density at radius 2 is 2.17 bits per heavy atom. The highest BCUT2D eigenvalue weighted by atomic mass is 35.5. The van der Waals surface area contributed by atoms with Crippen LogP contribution in [0.25, 0.3) is 5.57 Å². The van der Waals surface area contributed by atoms with Gasteiger partial charge in [-0.3, -0.25) is 0 Å². The van der Waals surface area contributed by atoms with Crippen LogP contribution in [-0.4, -0.2) is 19.7 Å². The highest BCUT2D eigenvalue weighted by Gasteiger charge is 2.03. The van der Waals surface area contributed by atoms with Gasteiger partial charge in [-0.25, -0.2) is 0 Å². The fraction of sp³-hybridized carbons (Fsp3) is 0.467. The fourth-order valence-electron chi connectivity index (χ4n) is 1.68. The number of nitrogens with one attached hydrogen (secondary N) is 1. The standard InChI is InChI=1S/C15H22ClNO/c1-11(2)17-9-5-6-12(3)13-7-8-14(16)15(10-13)18-4/h6-8,10-11,17H,5,9H2,1-4H3. The van der Waals surface area contributed by atoms with Crippen LogP contribution in [0.3, 0.4) is 0 Å². The maximum absolute atomic E-state index is 6.01. The molecule has 0 unspecified atom stereocenters. The molecular formula is C15H22ClNO.